The molecule has 3 aromatic carbocycles. The van der Waals surface area contributed by atoms with Crippen molar-refractivity contribution in [2.45, 2.75) is 38.8 Å². The van der Waals surface area contributed by atoms with Crippen molar-refractivity contribution in [3.05, 3.63) is 89.4 Å². The molecule has 1 saturated carbocycles. The molecule has 1 fully saturated rings. The van der Waals surface area contributed by atoms with E-state index in [1.54, 1.807) is 18.3 Å². The SMILES string of the molecule is Cc1ccc(C(=O)NC2CC2)cc1-c1ccc2nc(N[C@@H](C)c3ccc(F)cc3)ncc2c1. The topological polar surface area (TPSA) is 66.9 Å². The maximum atomic E-state index is 13.2. The van der Waals surface area contributed by atoms with Crippen molar-refractivity contribution >= 4 is 22.8 Å². The van der Waals surface area contributed by atoms with Gasteiger partial charge in [-0.1, -0.05) is 24.3 Å². The van der Waals surface area contributed by atoms with E-state index in [0.29, 0.717) is 17.6 Å². The molecule has 0 unspecified atom stereocenters. The molecule has 0 aliphatic heterocycles. The Kier molecular flexibility index (Phi) is 5.50. The summed E-state index contributed by atoms with van der Waals surface area (Å²) in [6, 6.07) is 18.5. The van der Waals surface area contributed by atoms with Crippen molar-refractivity contribution in [2.24, 2.45) is 0 Å². The van der Waals surface area contributed by atoms with Gasteiger partial charge in [-0.3, -0.25) is 4.79 Å². The number of rotatable bonds is 6. The van der Waals surface area contributed by atoms with Gasteiger partial charge >= 0.3 is 0 Å². The molecule has 0 spiro atoms. The van der Waals surface area contributed by atoms with Crippen molar-refractivity contribution in [1.29, 1.82) is 0 Å². The fourth-order valence-electron chi connectivity index (χ4n) is 3.87. The first-order chi connectivity index (χ1) is 16.0. The average molecular weight is 441 g/mol. The number of anilines is 1. The maximum Gasteiger partial charge on any atom is 0.251 e. The van der Waals surface area contributed by atoms with E-state index in [9.17, 15) is 9.18 Å². The standard InChI is InChI=1S/C27H25FN4O/c1-16-3-4-20(26(33)31-23-10-11-23)14-24(16)19-7-12-25-21(13-19)15-29-27(32-25)30-17(2)18-5-8-22(28)9-6-18/h3-9,12-15,17,23H,10-11H2,1-2H3,(H,31,33)(H,29,30,32)/t17-/m0/s1. The Morgan fingerprint density at radius 2 is 1.85 bits per heavy atom. The second-order valence-electron chi connectivity index (χ2n) is 8.66. The van der Waals surface area contributed by atoms with Crippen LogP contribution in [0.4, 0.5) is 10.3 Å². The normalized spacial score (nSPS) is 14.2. The van der Waals surface area contributed by atoms with Crippen molar-refractivity contribution in [2.75, 3.05) is 5.32 Å². The number of nitrogens with zero attached hydrogens (tertiary/aromatic N) is 2. The zero-order chi connectivity index (χ0) is 22.9. The Labute approximate surface area is 192 Å². The minimum atomic E-state index is -0.256. The Hall–Kier alpha value is -3.80. The lowest BCUT2D eigenvalue weighted by molar-refractivity contribution is 0.0951. The number of hydrogen-bond donors (Lipinski definition) is 2. The molecule has 0 radical (unpaired) electrons. The molecule has 6 heteroatoms. The van der Waals surface area contributed by atoms with Gasteiger partial charge in [0, 0.05) is 23.2 Å². The van der Waals surface area contributed by atoms with Crippen molar-refractivity contribution in [3.8, 4) is 11.1 Å². The Balaban J connectivity index is 1.39. The molecule has 33 heavy (non-hydrogen) atoms. The van der Waals surface area contributed by atoms with E-state index in [0.717, 1.165) is 46.0 Å². The van der Waals surface area contributed by atoms with Crippen molar-refractivity contribution < 1.29 is 9.18 Å². The number of carbonyl (C=O) groups excluding carboxylic acids is 1. The third-order valence-corrected chi connectivity index (χ3v) is 6.02. The van der Waals surface area contributed by atoms with Gasteiger partial charge < -0.3 is 10.6 Å². The van der Waals surface area contributed by atoms with Crippen molar-refractivity contribution in [3.63, 3.8) is 0 Å². The van der Waals surface area contributed by atoms with Gasteiger partial charge in [-0.05, 0) is 85.3 Å². The number of halogens is 1. The van der Waals surface area contributed by atoms with E-state index < -0.39 is 0 Å². The molecule has 4 aromatic rings. The highest BCUT2D eigenvalue weighted by Crippen LogP contribution is 2.29. The van der Waals surface area contributed by atoms with Crippen LogP contribution in [0, 0.1) is 12.7 Å². The lowest BCUT2D eigenvalue weighted by atomic mass is 9.97. The number of carbonyl (C=O) groups is 1. The molecule has 1 aliphatic carbocycles. The van der Waals surface area contributed by atoms with Crippen molar-refractivity contribution in [1.82, 2.24) is 15.3 Å². The van der Waals surface area contributed by atoms with Crippen LogP contribution in [0.15, 0.2) is 66.9 Å². The second kappa shape index (κ2) is 8.62. The molecule has 1 heterocycles. The molecule has 0 saturated heterocycles. The number of benzene rings is 3. The number of nitrogens with one attached hydrogen (secondary N) is 2. The largest absolute Gasteiger partial charge is 0.349 e. The highest BCUT2D eigenvalue weighted by molar-refractivity contribution is 5.96. The van der Waals surface area contributed by atoms with Gasteiger partial charge in [0.2, 0.25) is 5.95 Å². The molecule has 2 N–H and O–H groups in total. The molecule has 166 valence electrons. The van der Waals surface area contributed by atoms with Crippen LogP contribution in [0.5, 0.6) is 0 Å². The molecule has 1 aromatic heterocycles. The zero-order valence-electron chi connectivity index (χ0n) is 18.6. The first-order valence-corrected chi connectivity index (χ1v) is 11.2. The fraction of sp³-hybridized carbons (Fsp3) is 0.222. The summed E-state index contributed by atoms with van der Waals surface area (Å²) >= 11 is 0. The number of amides is 1. The van der Waals surface area contributed by atoms with Crippen LogP contribution in [0.2, 0.25) is 0 Å². The van der Waals surface area contributed by atoms with E-state index in [4.69, 9.17) is 0 Å². The molecular weight excluding hydrogens is 415 g/mol. The van der Waals surface area contributed by atoms with E-state index in [1.165, 1.54) is 12.1 Å². The Morgan fingerprint density at radius 1 is 1.06 bits per heavy atom. The summed E-state index contributed by atoms with van der Waals surface area (Å²) in [6.07, 6.45) is 3.92. The smallest absolute Gasteiger partial charge is 0.251 e. The van der Waals surface area contributed by atoms with Crippen LogP contribution >= 0.6 is 0 Å². The monoisotopic (exact) mass is 440 g/mol. The molecule has 5 rings (SSSR count). The lowest BCUT2D eigenvalue weighted by Crippen LogP contribution is -2.25. The fourth-order valence-corrected chi connectivity index (χ4v) is 3.87. The molecule has 5 nitrogen and oxygen atoms in total. The highest BCUT2D eigenvalue weighted by atomic mass is 19.1. The van der Waals surface area contributed by atoms with Crippen LogP contribution in [-0.2, 0) is 0 Å². The van der Waals surface area contributed by atoms with Gasteiger partial charge in [-0.25, -0.2) is 14.4 Å². The minimum Gasteiger partial charge on any atom is -0.349 e. The predicted molar refractivity (Wildman–Crippen MR) is 129 cm³/mol. The Morgan fingerprint density at radius 3 is 2.61 bits per heavy atom. The predicted octanol–water partition coefficient (Wildman–Crippen LogP) is 5.81. The van der Waals surface area contributed by atoms with Gasteiger partial charge in [0.25, 0.3) is 5.91 Å². The van der Waals surface area contributed by atoms with Gasteiger partial charge in [0.15, 0.2) is 0 Å². The third-order valence-electron chi connectivity index (χ3n) is 6.02. The summed E-state index contributed by atoms with van der Waals surface area (Å²) in [5, 5.41) is 7.24. The third kappa shape index (κ3) is 4.70. The number of aromatic nitrogens is 2. The van der Waals surface area contributed by atoms with E-state index in [-0.39, 0.29) is 17.8 Å². The summed E-state index contributed by atoms with van der Waals surface area (Å²) in [6.45, 7) is 4.03. The number of aryl methyl sites for hydroxylation is 1. The molecule has 1 aliphatic rings. The van der Waals surface area contributed by atoms with E-state index in [1.807, 2.05) is 50.2 Å². The molecule has 1 atom stereocenters. The van der Waals surface area contributed by atoms with Crippen LogP contribution in [-0.4, -0.2) is 21.9 Å². The Bertz CT molecular complexity index is 1330. The average Bonchev–Trinajstić information content (AvgIpc) is 3.63. The molecule has 1 amide bonds. The number of hydrogen-bond acceptors (Lipinski definition) is 4. The highest BCUT2D eigenvalue weighted by Gasteiger charge is 2.24. The van der Waals surface area contributed by atoms with E-state index >= 15 is 0 Å². The summed E-state index contributed by atoms with van der Waals surface area (Å²) in [7, 11) is 0. The molecule has 0 bridgehead atoms. The van der Waals surface area contributed by atoms with Gasteiger partial charge in [0.1, 0.15) is 5.82 Å². The lowest BCUT2D eigenvalue weighted by Gasteiger charge is -2.15. The molecular formula is C27H25FN4O. The second-order valence-corrected chi connectivity index (χ2v) is 8.66. The number of fused-ring (bicyclic) bond motifs is 1. The first-order valence-electron chi connectivity index (χ1n) is 11.2. The van der Waals surface area contributed by atoms with Gasteiger partial charge in [0.05, 0.1) is 11.6 Å². The quantitative estimate of drug-likeness (QED) is 0.397. The van der Waals surface area contributed by atoms with Gasteiger partial charge in [-0.15, -0.1) is 0 Å². The van der Waals surface area contributed by atoms with Crippen LogP contribution in [0.1, 0.15) is 47.3 Å². The first kappa shape index (κ1) is 21.1. The minimum absolute atomic E-state index is 0.0196. The maximum absolute atomic E-state index is 13.2. The summed E-state index contributed by atoms with van der Waals surface area (Å²) in [5.41, 5.74) is 5.59. The van der Waals surface area contributed by atoms with Crippen LogP contribution < -0.4 is 10.6 Å². The summed E-state index contributed by atoms with van der Waals surface area (Å²) < 4.78 is 13.2. The van der Waals surface area contributed by atoms with Crippen LogP contribution in [0.3, 0.4) is 0 Å². The summed E-state index contributed by atoms with van der Waals surface area (Å²) in [5.74, 6) is 0.240. The summed E-state index contributed by atoms with van der Waals surface area (Å²) in [4.78, 5) is 21.6. The zero-order valence-corrected chi connectivity index (χ0v) is 18.6. The van der Waals surface area contributed by atoms with E-state index in [2.05, 4.69) is 20.6 Å². The van der Waals surface area contributed by atoms with Gasteiger partial charge in [-0.2, -0.15) is 0 Å². The van der Waals surface area contributed by atoms with Crippen LogP contribution in [0.25, 0.3) is 22.0 Å².